The van der Waals surface area contributed by atoms with E-state index in [1.54, 1.807) is 6.20 Å². The van der Waals surface area contributed by atoms with Gasteiger partial charge >= 0.3 is 0 Å². The number of nitrogens with zero attached hydrogens (tertiary/aromatic N) is 3. The zero-order valence-corrected chi connectivity index (χ0v) is 14.0. The van der Waals surface area contributed by atoms with Crippen molar-refractivity contribution in [3.8, 4) is 0 Å². The van der Waals surface area contributed by atoms with E-state index >= 15 is 0 Å². The Morgan fingerprint density at radius 3 is 2.96 bits per heavy atom. The van der Waals surface area contributed by atoms with Gasteiger partial charge in [-0.1, -0.05) is 30.3 Å². The lowest BCUT2D eigenvalue weighted by Crippen LogP contribution is -2.49. The van der Waals surface area contributed by atoms with E-state index < -0.39 is 6.10 Å². The van der Waals surface area contributed by atoms with Gasteiger partial charge < -0.3 is 14.6 Å². The number of carbonyl (C=O) groups is 1. The van der Waals surface area contributed by atoms with E-state index in [-0.39, 0.29) is 5.91 Å². The second kappa shape index (κ2) is 8.08. The van der Waals surface area contributed by atoms with Crippen LogP contribution in [-0.4, -0.2) is 52.7 Å². The highest BCUT2D eigenvalue weighted by Gasteiger charge is 2.26. The lowest BCUT2D eigenvalue weighted by molar-refractivity contribution is -0.138. The van der Waals surface area contributed by atoms with Gasteiger partial charge in [0.15, 0.2) is 0 Å². The van der Waals surface area contributed by atoms with Crippen LogP contribution in [0, 0.1) is 0 Å². The fourth-order valence-electron chi connectivity index (χ4n) is 2.90. The van der Waals surface area contributed by atoms with E-state index in [4.69, 9.17) is 4.74 Å². The Hall–Kier alpha value is -2.18. The van der Waals surface area contributed by atoms with Gasteiger partial charge in [0.2, 0.25) is 5.91 Å². The maximum absolute atomic E-state index is 12.3. The van der Waals surface area contributed by atoms with Gasteiger partial charge in [0.25, 0.3) is 0 Å². The quantitative estimate of drug-likeness (QED) is 0.859. The molecule has 1 atom stereocenters. The number of morpholine rings is 1. The summed E-state index contributed by atoms with van der Waals surface area (Å²) in [6, 6.07) is 10.3. The molecule has 1 aromatic heterocycles. The Kier molecular flexibility index (Phi) is 5.61. The second-order valence-electron chi connectivity index (χ2n) is 6.08. The summed E-state index contributed by atoms with van der Waals surface area (Å²) in [6.07, 6.45) is 3.99. The van der Waals surface area contributed by atoms with Crippen LogP contribution >= 0.6 is 0 Å². The Morgan fingerprint density at radius 2 is 2.21 bits per heavy atom. The number of aryl methyl sites for hydroxylation is 1. The summed E-state index contributed by atoms with van der Waals surface area (Å²) in [5.41, 5.74) is 1.26. The molecule has 1 aromatic carbocycles. The van der Waals surface area contributed by atoms with Gasteiger partial charge in [0.1, 0.15) is 11.9 Å². The highest BCUT2D eigenvalue weighted by Crippen LogP contribution is 2.10. The monoisotopic (exact) mass is 328 g/mol. The van der Waals surface area contributed by atoms with E-state index in [9.17, 15) is 4.79 Å². The number of nitrogens with one attached hydrogen (secondary N) is 1. The molecule has 1 amide bonds. The minimum absolute atomic E-state index is 0.0398. The van der Waals surface area contributed by atoms with E-state index in [2.05, 4.69) is 27.3 Å². The predicted molar refractivity (Wildman–Crippen MR) is 91.4 cm³/mol. The Bertz CT molecular complexity index is 656. The Labute approximate surface area is 142 Å². The molecule has 3 rings (SSSR count). The number of hydrogen-bond donors (Lipinski definition) is 1. The van der Waals surface area contributed by atoms with Crippen molar-refractivity contribution in [3.05, 3.63) is 54.1 Å². The summed E-state index contributed by atoms with van der Waals surface area (Å²) in [7, 11) is 1.95. The number of amides is 1. The molecule has 0 radical (unpaired) electrons. The summed E-state index contributed by atoms with van der Waals surface area (Å²) < 4.78 is 7.61. The fraction of sp³-hybridized carbons (Fsp3) is 0.444. The number of rotatable bonds is 6. The van der Waals surface area contributed by atoms with Crippen LogP contribution in [0.5, 0.6) is 0 Å². The smallest absolute Gasteiger partial charge is 0.250 e. The van der Waals surface area contributed by atoms with Crippen molar-refractivity contribution in [1.29, 1.82) is 0 Å². The maximum Gasteiger partial charge on any atom is 0.250 e. The van der Waals surface area contributed by atoms with Gasteiger partial charge in [-0.05, 0) is 5.56 Å². The normalized spacial score (nSPS) is 18.5. The Balaban J connectivity index is 1.45. The molecule has 0 spiro atoms. The summed E-state index contributed by atoms with van der Waals surface area (Å²) in [6.45, 7) is 3.49. The van der Waals surface area contributed by atoms with Crippen LogP contribution in [0.2, 0.25) is 0 Å². The molecule has 1 N–H and O–H groups in total. The number of benzene rings is 1. The third-order valence-electron chi connectivity index (χ3n) is 4.26. The lowest BCUT2D eigenvalue weighted by atomic mass is 10.2. The highest BCUT2D eigenvalue weighted by molar-refractivity contribution is 5.81. The van der Waals surface area contributed by atoms with Crippen molar-refractivity contribution in [1.82, 2.24) is 19.8 Å². The van der Waals surface area contributed by atoms with Crippen LogP contribution in [0.4, 0.5) is 0 Å². The maximum atomic E-state index is 12.3. The number of ether oxygens (including phenoxy) is 1. The third-order valence-corrected chi connectivity index (χ3v) is 4.26. The molecule has 1 aliphatic rings. The molecule has 128 valence electrons. The third kappa shape index (κ3) is 4.43. The highest BCUT2D eigenvalue weighted by atomic mass is 16.5. The van der Waals surface area contributed by atoms with Crippen LogP contribution in [-0.2, 0) is 29.5 Å². The number of carbonyl (C=O) groups excluding carboxylic acids is 1. The van der Waals surface area contributed by atoms with Gasteiger partial charge in [-0.2, -0.15) is 0 Å². The molecule has 2 aromatic rings. The van der Waals surface area contributed by atoms with E-state index in [0.29, 0.717) is 19.7 Å². The van der Waals surface area contributed by atoms with Gasteiger partial charge in [0, 0.05) is 52.0 Å². The molecule has 1 aliphatic heterocycles. The first-order chi connectivity index (χ1) is 11.7. The predicted octanol–water partition coefficient (Wildman–Crippen LogP) is 0.980. The average molecular weight is 328 g/mol. The number of hydrogen-bond acceptors (Lipinski definition) is 4. The zero-order chi connectivity index (χ0) is 16.8. The van der Waals surface area contributed by atoms with Gasteiger partial charge in [0.05, 0.1) is 6.61 Å². The second-order valence-corrected chi connectivity index (χ2v) is 6.08. The fourth-order valence-corrected chi connectivity index (χ4v) is 2.90. The largest absolute Gasteiger partial charge is 0.366 e. The first kappa shape index (κ1) is 16.7. The van der Waals surface area contributed by atoms with E-state index in [1.165, 1.54) is 5.56 Å². The Morgan fingerprint density at radius 1 is 1.38 bits per heavy atom. The van der Waals surface area contributed by atoms with E-state index in [1.807, 2.05) is 36.0 Å². The molecule has 6 nitrogen and oxygen atoms in total. The van der Waals surface area contributed by atoms with Crippen molar-refractivity contribution in [2.24, 2.45) is 7.05 Å². The molecule has 0 bridgehead atoms. The minimum atomic E-state index is -0.399. The molecule has 2 heterocycles. The summed E-state index contributed by atoms with van der Waals surface area (Å²) in [5.74, 6) is 0.924. The molecule has 0 unspecified atom stereocenters. The molecule has 1 fully saturated rings. The SMILES string of the molecule is Cn1ccnc1CCNC(=O)[C@@H]1CN(Cc2ccccc2)CCO1. The van der Waals surface area contributed by atoms with Crippen molar-refractivity contribution in [3.63, 3.8) is 0 Å². The molecule has 6 heteroatoms. The van der Waals surface area contributed by atoms with Crippen molar-refractivity contribution in [2.45, 2.75) is 19.1 Å². The molecule has 0 saturated carbocycles. The van der Waals surface area contributed by atoms with Gasteiger partial charge in [-0.25, -0.2) is 4.98 Å². The van der Waals surface area contributed by atoms with Crippen molar-refractivity contribution < 1.29 is 9.53 Å². The molecule has 0 aliphatic carbocycles. The number of aromatic nitrogens is 2. The van der Waals surface area contributed by atoms with Gasteiger partial charge in [-0.15, -0.1) is 0 Å². The van der Waals surface area contributed by atoms with Crippen LogP contribution in [0.25, 0.3) is 0 Å². The van der Waals surface area contributed by atoms with Crippen LogP contribution in [0.1, 0.15) is 11.4 Å². The molecule has 1 saturated heterocycles. The minimum Gasteiger partial charge on any atom is -0.366 e. The lowest BCUT2D eigenvalue weighted by Gasteiger charge is -2.32. The first-order valence-electron chi connectivity index (χ1n) is 8.34. The summed E-state index contributed by atoms with van der Waals surface area (Å²) in [5, 5.41) is 2.96. The first-order valence-corrected chi connectivity index (χ1v) is 8.34. The van der Waals surface area contributed by atoms with Crippen molar-refractivity contribution in [2.75, 3.05) is 26.2 Å². The van der Waals surface area contributed by atoms with Crippen LogP contribution < -0.4 is 5.32 Å². The average Bonchev–Trinajstić information content (AvgIpc) is 3.01. The molecule has 24 heavy (non-hydrogen) atoms. The summed E-state index contributed by atoms with van der Waals surface area (Å²) >= 11 is 0. The van der Waals surface area contributed by atoms with Crippen LogP contribution in [0.3, 0.4) is 0 Å². The molecular weight excluding hydrogens is 304 g/mol. The van der Waals surface area contributed by atoms with Crippen molar-refractivity contribution >= 4 is 5.91 Å². The van der Waals surface area contributed by atoms with Crippen LogP contribution in [0.15, 0.2) is 42.7 Å². The standard InChI is InChI=1S/C18H24N4O2/c1-21-10-9-19-17(21)7-8-20-18(23)16-14-22(11-12-24-16)13-15-5-3-2-4-6-15/h2-6,9-10,16H,7-8,11-14H2,1H3,(H,20,23)/t16-/m0/s1. The molecular formula is C18H24N4O2. The van der Waals surface area contributed by atoms with E-state index in [0.717, 1.165) is 25.3 Å². The number of imidazole rings is 1. The zero-order valence-electron chi connectivity index (χ0n) is 14.0. The van der Waals surface area contributed by atoms with Gasteiger partial charge in [-0.3, -0.25) is 9.69 Å². The topological polar surface area (TPSA) is 59.4 Å². The summed E-state index contributed by atoms with van der Waals surface area (Å²) in [4.78, 5) is 18.8.